The summed E-state index contributed by atoms with van der Waals surface area (Å²) >= 11 is 6.10. The Hall–Kier alpha value is -2.08. The fourth-order valence-corrected chi connectivity index (χ4v) is 1.91. The number of hydrogen-bond acceptors (Lipinski definition) is 3. The number of urea groups is 1. The lowest BCUT2D eigenvalue weighted by Gasteiger charge is -2.17. The number of carbonyl (C=O) groups excluding carboxylic acids is 1. The molecule has 2 amide bonds. The minimum absolute atomic E-state index is 0.235. The molecular weight excluding hydrogens is 278 g/mol. The summed E-state index contributed by atoms with van der Waals surface area (Å²) in [5.41, 5.74) is 2.20. The first-order chi connectivity index (χ1) is 9.47. The smallest absolute Gasteiger partial charge is 0.321 e. The Morgan fingerprint density at radius 2 is 2.30 bits per heavy atom. The molecule has 0 spiro atoms. The van der Waals surface area contributed by atoms with Gasteiger partial charge in [-0.15, -0.1) is 0 Å². The molecule has 0 unspecified atom stereocenters. The molecule has 2 aromatic rings. The Morgan fingerprint density at radius 1 is 1.55 bits per heavy atom. The maximum atomic E-state index is 12.1. The summed E-state index contributed by atoms with van der Waals surface area (Å²) in [6.07, 6.45) is 5.21. The van der Waals surface area contributed by atoms with Gasteiger partial charge in [-0.3, -0.25) is 9.67 Å². The van der Waals surface area contributed by atoms with Gasteiger partial charge in [-0.1, -0.05) is 11.6 Å². The Balaban J connectivity index is 2.02. The first-order valence-corrected chi connectivity index (χ1v) is 6.46. The van der Waals surface area contributed by atoms with Crippen molar-refractivity contribution < 1.29 is 4.79 Å². The Kier molecular flexibility index (Phi) is 4.24. The van der Waals surface area contributed by atoms with Crippen molar-refractivity contribution in [1.29, 1.82) is 0 Å². The lowest BCUT2D eigenvalue weighted by molar-refractivity contribution is 0.220. The van der Waals surface area contributed by atoms with Gasteiger partial charge in [0, 0.05) is 32.1 Å². The second kappa shape index (κ2) is 5.92. The SMILES string of the molecule is Cc1nccc(NC(=O)N(C)Cc2cnn(C)c2)c1Cl. The van der Waals surface area contributed by atoms with Crippen molar-refractivity contribution in [1.82, 2.24) is 19.7 Å². The molecule has 0 saturated heterocycles. The number of carbonyl (C=O) groups is 1. The molecule has 2 rings (SSSR count). The second-order valence-electron chi connectivity index (χ2n) is 4.57. The molecule has 6 nitrogen and oxygen atoms in total. The summed E-state index contributed by atoms with van der Waals surface area (Å²) in [7, 11) is 3.55. The third kappa shape index (κ3) is 3.27. The van der Waals surface area contributed by atoms with Gasteiger partial charge in [-0.05, 0) is 13.0 Å². The molecule has 1 N–H and O–H groups in total. The van der Waals surface area contributed by atoms with E-state index >= 15 is 0 Å². The van der Waals surface area contributed by atoms with Crippen LogP contribution in [0.25, 0.3) is 0 Å². The van der Waals surface area contributed by atoms with Crippen LogP contribution >= 0.6 is 11.6 Å². The zero-order valence-electron chi connectivity index (χ0n) is 11.6. The molecule has 0 fully saturated rings. The Labute approximate surface area is 122 Å². The standard InChI is InChI=1S/C13H16ClN5O/c1-9-12(14)11(4-5-15-9)17-13(20)18(2)7-10-6-16-19(3)8-10/h4-6,8H,7H2,1-3H3,(H,15,17,20). The highest BCUT2D eigenvalue weighted by atomic mass is 35.5. The summed E-state index contributed by atoms with van der Waals surface area (Å²) in [4.78, 5) is 17.7. The number of nitrogens with zero attached hydrogens (tertiary/aromatic N) is 4. The third-order valence-corrected chi connectivity index (χ3v) is 3.31. The minimum atomic E-state index is -0.235. The molecule has 0 radical (unpaired) electrons. The molecule has 7 heteroatoms. The molecule has 0 aliphatic rings. The summed E-state index contributed by atoms with van der Waals surface area (Å²) < 4.78 is 1.70. The van der Waals surface area contributed by atoms with Crippen LogP contribution in [0.5, 0.6) is 0 Å². The predicted octanol–water partition coefficient (Wildman–Crippen LogP) is 2.44. The van der Waals surface area contributed by atoms with Crippen LogP contribution < -0.4 is 5.32 Å². The highest BCUT2D eigenvalue weighted by Gasteiger charge is 2.13. The van der Waals surface area contributed by atoms with Crippen molar-refractivity contribution in [2.45, 2.75) is 13.5 Å². The van der Waals surface area contributed by atoms with E-state index < -0.39 is 0 Å². The molecule has 0 aliphatic carbocycles. The van der Waals surface area contributed by atoms with E-state index in [2.05, 4.69) is 15.4 Å². The highest BCUT2D eigenvalue weighted by Crippen LogP contribution is 2.23. The van der Waals surface area contributed by atoms with Crippen LogP contribution in [0.1, 0.15) is 11.3 Å². The minimum Gasteiger partial charge on any atom is -0.323 e. The fourth-order valence-electron chi connectivity index (χ4n) is 1.75. The first kappa shape index (κ1) is 14.3. The molecule has 0 bridgehead atoms. The number of halogens is 1. The monoisotopic (exact) mass is 293 g/mol. The van der Waals surface area contributed by atoms with Crippen LogP contribution in [-0.4, -0.2) is 32.7 Å². The largest absolute Gasteiger partial charge is 0.323 e. The van der Waals surface area contributed by atoms with Crippen molar-refractivity contribution in [3.05, 3.63) is 40.9 Å². The van der Waals surface area contributed by atoms with Gasteiger partial charge in [0.2, 0.25) is 0 Å². The van der Waals surface area contributed by atoms with E-state index in [0.717, 1.165) is 5.56 Å². The molecule has 2 heterocycles. The molecule has 0 saturated carbocycles. The molecule has 20 heavy (non-hydrogen) atoms. The first-order valence-electron chi connectivity index (χ1n) is 6.08. The number of aryl methyl sites for hydroxylation is 2. The van der Waals surface area contributed by atoms with E-state index in [1.165, 1.54) is 0 Å². The summed E-state index contributed by atoms with van der Waals surface area (Å²) in [5, 5.41) is 7.29. The fraction of sp³-hybridized carbons (Fsp3) is 0.308. The van der Waals surface area contributed by atoms with Gasteiger partial charge in [0.1, 0.15) is 0 Å². The summed E-state index contributed by atoms with van der Waals surface area (Å²) in [5.74, 6) is 0. The summed E-state index contributed by atoms with van der Waals surface area (Å²) in [6.45, 7) is 2.26. The van der Waals surface area contributed by atoms with Gasteiger partial charge in [0.15, 0.2) is 0 Å². The topological polar surface area (TPSA) is 63.1 Å². The maximum Gasteiger partial charge on any atom is 0.321 e. The second-order valence-corrected chi connectivity index (χ2v) is 4.94. The zero-order valence-corrected chi connectivity index (χ0v) is 12.3. The van der Waals surface area contributed by atoms with Crippen LogP contribution in [0.4, 0.5) is 10.5 Å². The van der Waals surface area contributed by atoms with E-state index in [-0.39, 0.29) is 6.03 Å². The van der Waals surface area contributed by atoms with Gasteiger partial charge < -0.3 is 10.2 Å². The number of amides is 2. The van der Waals surface area contributed by atoms with Gasteiger partial charge in [0.05, 0.1) is 29.1 Å². The van der Waals surface area contributed by atoms with Crippen LogP contribution in [0, 0.1) is 6.92 Å². The predicted molar refractivity (Wildman–Crippen MR) is 77.7 cm³/mol. The lowest BCUT2D eigenvalue weighted by Crippen LogP contribution is -2.30. The zero-order chi connectivity index (χ0) is 14.7. The van der Waals surface area contributed by atoms with Crippen molar-refractivity contribution in [3.8, 4) is 0 Å². The van der Waals surface area contributed by atoms with Gasteiger partial charge in [0.25, 0.3) is 0 Å². The van der Waals surface area contributed by atoms with E-state index in [4.69, 9.17) is 11.6 Å². The quantitative estimate of drug-likeness (QED) is 0.945. The van der Waals surface area contributed by atoms with Crippen LogP contribution in [0.2, 0.25) is 5.02 Å². The third-order valence-electron chi connectivity index (χ3n) is 2.83. The number of hydrogen-bond donors (Lipinski definition) is 1. The number of nitrogens with one attached hydrogen (secondary N) is 1. The summed E-state index contributed by atoms with van der Waals surface area (Å²) in [6, 6.07) is 1.44. The number of rotatable bonds is 3. The Morgan fingerprint density at radius 3 is 2.95 bits per heavy atom. The van der Waals surface area contributed by atoms with E-state index in [0.29, 0.717) is 22.9 Å². The van der Waals surface area contributed by atoms with Crippen LogP contribution in [-0.2, 0) is 13.6 Å². The lowest BCUT2D eigenvalue weighted by atomic mass is 10.3. The average molecular weight is 294 g/mol. The van der Waals surface area contributed by atoms with Crippen molar-refractivity contribution in [3.63, 3.8) is 0 Å². The average Bonchev–Trinajstić information content (AvgIpc) is 2.80. The number of pyridine rings is 1. The van der Waals surface area contributed by atoms with Crippen molar-refractivity contribution in [2.75, 3.05) is 12.4 Å². The Bertz CT molecular complexity index is 625. The van der Waals surface area contributed by atoms with E-state index in [1.54, 1.807) is 42.0 Å². The van der Waals surface area contributed by atoms with E-state index in [1.807, 2.05) is 13.2 Å². The van der Waals surface area contributed by atoms with E-state index in [9.17, 15) is 4.79 Å². The van der Waals surface area contributed by atoms with Crippen LogP contribution in [0.3, 0.4) is 0 Å². The molecule has 106 valence electrons. The normalized spacial score (nSPS) is 10.4. The van der Waals surface area contributed by atoms with Gasteiger partial charge in [-0.25, -0.2) is 4.79 Å². The van der Waals surface area contributed by atoms with Gasteiger partial charge in [-0.2, -0.15) is 5.10 Å². The van der Waals surface area contributed by atoms with Crippen molar-refractivity contribution >= 4 is 23.3 Å². The highest BCUT2D eigenvalue weighted by molar-refractivity contribution is 6.34. The molecule has 0 atom stereocenters. The maximum absolute atomic E-state index is 12.1. The van der Waals surface area contributed by atoms with Crippen LogP contribution in [0.15, 0.2) is 24.7 Å². The van der Waals surface area contributed by atoms with Crippen molar-refractivity contribution in [2.24, 2.45) is 7.05 Å². The number of aromatic nitrogens is 3. The molecule has 0 aliphatic heterocycles. The molecule has 2 aromatic heterocycles. The van der Waals surface area contributed by atoms with Gasteiger partial charge >= 0.3 is 6.03 Å². The number of anilines is 1. The molecule has 0 aromatic carbocycles. The molecular formula is C13H16ClN5O.